The summed E-state index contributed by atoms with van der Waals surface area (Å²) in [7, 11) is 0. The van der Waals surface area contributed by atoms with Gasteiger partial charge in [-0.3, -0.25) is 9.89 Å². The quantitative estimate of drug-likeness (QED) is 0.834. The minimum atomic E-state index is -4.50. The van der Waals surface area contributed by atoms with Crippen LogP contribution in [0.4, 0.5) is 13.2 Å². The summed E-state index contributed by atoms with van der Waals surface area (Å²) < 4.78 is 36.5. The van der Waals surface area contributed by atoms with E-state index < -0.39 is 18.0 Å². The Morgan fingerprint density at radius 2 is 2.25 bits per heavy atom. The van der Waals surface area contributed by atoms with Crippen LogP contribution in [0.25, 0.3) is 0 Å². The second kappa shape index (κ2) is 4.54. The van der Waals surface area contributed by atoms with Crippen LogP contribution in [-0.2, 0) is 11.3 Å². The van der Waals surface area contributed by atoms with Crippen molar-refractivity contribution in [2.75, 3.05) is 0 Å². The Morgan fingerprint density at radius 3 is 2.69 bits per heavy atom. The predicted molar refractivity (Wildman–Crippen MR) is 50.4 cm³/mol. The average molecular weight is 235 g/mol. The second-order valence-corrected chi connectivity index (χ2v) is 3.50. The molecular formula is C9H12F3N3O. The maximum absolute atomic E-state index is 12.2. The van der Waals surface area contributed by atoms with Crippen molar-refractivity contribution in [1.82, 2.24) is 15.5 Å². The molecule has 0 aromatic carbocycles. The number of aryl methyl sites for hydroxylation is 1. The molecule has 1 atom stereocenters. The first-order valence-electron chi connectivity index (χ1n) is 4.65. The Morgan fingerprint density at radius 1 is 1.62 bits per heavy atom. The minimum Gasteiger partial charge on any atom is -0.351 e. The molecule has 0 bridgehead atoms. The van der Waals surface area contributed by atoms with E-state index in [4.69, 9.17) is 0 Å². The Hall–Kier alpha value is -1.53. The van der Waals surface area contributed by atoms with Gasteiger partial charge < -0.3 is 5.32 Å². The maximum atomic E-state index is 12.2. The number of nitrogens with one attached hydrogen (secondary N) is 2. The lowest BCUT2D eigenvalue weighted by molar-refractivity contribution is -0.178. The molecule has 0 aliphatic rings. The molecule has 1 aromatic rings. The predicted octanol–water partition coefficient (Wildman–Crippen LogP) is 1.53. The molecule has 7 heteroatoms. The number of H-pyrrole nitrogens is 1. The fraction of sp³-hybridized carbons (Fsp3) is 0.556. The minimum absolute atomic E-state index is 0.0432. The molecular weight excluding hydrogens is 223 g/mol. The van der Waals surface area contributed by atoms with E-state index in [1.807, 2.05) is 0 Å². The van der Waals surface area contributed by atoms with Crippen LogP contribution in [0.2, 0.25) is 0 Å². The second-order valence-electron chi connectivity index (χ2n) is 3.50. The molecule has 1 heterocycles. The van der Waals surface area contributed by atoms with Crippen molar-refractivity contribution in [3.05, 3.63) is 17.5 Å². The fourth-order valence-corrected chi connectivity index (χ4v) is 1.04. The highest BCUT2D eigenvalue weighted by molar-refractivity contribution is 5.79. The molecule has 16 heavy (non-hydrogen) atoms. The van der Waals surface area contributed by atoms with Crippen LogP contribution < -0.4 is 5.32 Å². The third kappa shape index (κ3) is 2.98. The molecule has 0 saturated heterocycles. The van der Waals surface area contributed by atoms with Gasteiger partial charge in [0.25, 0.3) is 0 Å². The summed E-state index contributed by atoms with van der Waals surface area (Å²) in [6.45, 7) is 2.60. The van der Waals surface area contributed by atoms with Crippen LogP contribution in [0.1, 0.15) is 18.2 Å². The SMILES string of the molecule is Cc1[nH]ncc1CNC(=O)C(C)C(F)(F)F. The lowest BCUT2D eigenvalue weighted by atomic mass is 10.1. The largest absolute Gasteiger partial charge is 0.400 e. The standard InChI is InChI=1S/C9H12F3N3O/c1-5(9(10,11)12)8(16)13-3-7-4-14-15-6(7)2/h4-5H,3H2,1-2H3,(H,13,16)(H,14,15). The van der Waals surface area contributed by atoms with Crippen molar-refractivity contribution in [1.29, 1.82) is 0 Å². The van der Waals surface area contributed by atoms with Crippen LogP contribution >= 0.6 is 0 Å². The number of halogens is 3. The van der Waals surface area contributed by atoms with Crippen LogP contribution in [0.3, 0.4) is 0 Å². The third-order valence-corrected chi connectivity index (χ3v) is 2.27. The number of amides is 1. The lowest BCUT2D eigenvalue weighted by Gasteiger charge is -2.14. The topological polar surface area (TPSA) is 57.8 Å². The molecule has 1 aromatic heterocycles. The van der Waals surface area contributed by atoms with Crippen LogP contribution in [0.15, 0.2) is 6.20 Å². The van der Waals surface area contributed by atoms with Crippen molar-refractivity contribution in [2.45, 2.75) is 26.6 Å². The van der Waals surface area contributed by atoms with Gasteiger partial charge in [-0.05, 0) is 13.8 Å². The van der Waals surface area contributed by atoms with Gasteiger partial charge in [-0.25, -0.2) is 0 Å². The van der Waals surface area contributed by atoms with Gasteiger partial charge in [0, 0.05) is 17.8 Å². The molecule has 0 aliphatic heterocycles. The van der Waals surface area contributed by atoms with E-state index >= 15 is 0 Å². The van der Waals surface area contributed by atoms with E-state index in [0.717, 1.165) is 12.6 Å². The summed E-state index contributed by atoms with van der Waals surface area (Å²) in [6, 6.07) is 0. The summed E-state index contributed by atoms with van der Waals surface area (Å²) in [6.07, 6.45) is -3.04. The number of aromatic nitrogens is 2. The van der Waals surface area contributed by atoms with Crippen molar-refractivity contribution >= 4 is 5.91 Å². The van der Waals surface area contributed by atoms with Crippen molar-refractivity contribution < 1.29 is 18.0 Å². The van der Waals surface area contributed by atoms with Crippen LogP contribution in [0.5, 0.6) is 0 Å². The fourth-order valence-electron chi connectivity index (χ4n) is 1.04. The monoisotopic (exact) mass is 235 g/mol. The third-order valence-electron chi connectivity index (χ3n) is 2.27. The molecule has 1 amide bonds. The first-order valence-corrected chi connectivity index (χ1v) is 4.65. The highest BCUT2D eigenvalue weighted by Gasteiger charge is 2.40. The van der Waals surface area contributed by atoms with Gasteiger partial charge in [0.15, 0.2) is 0 Å². The molecule has 0 spiro atoms. The van der Waals surface area contributed by atoms with E-state index in [2.05, 4.69) is 15.5 Å². The van der Waals surface area contributed by atoms with E-state index in [9.17, 15) is 18.0 Å². The number of alkyl halides is 3. The number of carbonyl (C=O) groups is 1. The molecule has 90 valence electrons. The van der Waals surface area contributed by atoms with Gasteiger partial charge in [-0.15, -0.1) is 0 Å². The Balaban J connectivity index is 2.51. The number of hydrogen-bond donors (Lipinski definition) is 2. The van der Waals surface area contributed by atoms with Gasteiger partial charge in [0.2, 0.25) is 5.91 Å². The highest BCUT2D eigenvalue weighted by Crippen LogP contribution is 2.25. The van der Waals surface area contributed by atoms with Crippen LogP contribution in [0, 0.1) is 12.8 Å². The van der Waals surface area contributed by atoms with E-state index in [1.165, 1.54) is 6.20 Å². The molecule has 0 aliphatic carbocycles. The van der Waals surface area contributed by atoms with E-state index in [-0.39, 0.29) is 6.54 Å². The zero-order chi connectivity index (χ0) is 12.3. The van der Waals surface area contributed by atoms with E-state index in [1.54, 1.807) is 6.92 Å². The van der Waals surface area contributed by atoms with Gasteiger partial charge in [-0.2, -0.15) is 18.3 Å². The van der Waals surface area contributed by atoms with Gasteiger partial charge in [0.05, 0.1) is 6.20 Å². The van der Waals surface area contributed by atoms with Gasteiger partial charge >= 0.3 is 6.18 Å². The zero-order valence-corrected chi connectivity index (χ0v) is 8.85. The van der Waals surface area contributed by atoms with Crippen molar-refractivity contribution in [3.63, 3.8) is 0 Å². The van der Waals surface area contributed by atoms with Gasteiger partial charge in [-0.1, -0.05) is 0 Å². The van der Waals surface area contributed by atoms with Crippen molar-refractivity contribution in [2.24, 2.45) is 5.92 Å². The number of hydrogen-bond acceptors (Lipinski definition) is 2. The molecule has 0 saturated carbocycles. The summed E-state index contributed by atoms with van der Waals surface area (Å²) in [5.41, 5.74) is 1.39. The Kier molecular flexibility index (Phi) is 3.56. The lowest BCUT2D eigenvalue weighted by Crippen LogP contribution is -2.37. The molecule has 1 rings (SSSR count). The normalized spacial score (nSPS) is 13.6. The Labute approximate surface area is 90.2 Å². The number of rotatable bonds is 3. The first-order chi connectivity index (χ1) is 7.32. The van der Waals surface area contributed by atoms with Gasteiger partial charge in [0.1, 0.15) is 5.92 Å². The highest BCUT2D eigenvalue weighted by atomic mass is 19.4. The zero-order valence-electron chi connectivity index (χ0n) is 8.85. The van der Waals surface area contributed by atoms with Crippen molar-refractivity contribution in [3.8, 4) is 0 Å². The maximum Gasteiger partial charge on any atom is 0.400 e. The first kappa shape index (κ1) is 12.5. The summed E-state index contributed by atoms with van der Waals surface area (Å²) >= 11 is 0. The molecule has 1 unspecified atom stereocenters. The van der Waals surface area contributed by atoms with E-state index in [0.29, 0.717) is 5.56 Å². The summed E-state index contributed by atoms with van der Waals surface area (Å²) in [5, 5.41) is 8.54. The number of aromatic amines is 1. The Bertz CT molecular complexity index is 372. The smallest absolute Gasteiger partial charge is 0.351 e. The number of nitrogens with zero attached hydrogens (tertiary/aromatic N) is 1. The summed E-state index contributed by atoms with van der Waals surface area (Å²) in [5.74, 6) is -3.03. The van der Waals surface area contributed by atoms with Crippen LogP contribution in [-0.4, -0.2) is 22.3 Å². The molecule has 0 radical (unpaired) electrons. The average Bonchev–Trinajstić information content (AvgIpc) is 2.58. The molecule has 4 nitrogen and oxygen atoms in total. The number of carbonyl (C=O) groups excluding carboxylic acids is 1. The molecule has 0 fully saturated rings. The molecule has 2 N–H and O–H groups in total. The summed E-state index contributed by atoms with van der Waals surface area (Å²) in [4.78, 5) is 11.1.